The molecule has 2 nitrogen and oxygen atoms in total. The summed E-state index contributed by atoms with van der Waals surface area (Å²) in [7, 11) is 0. The van der Waals surface area contributed by atoms with Crippen molar-refractivity contribution >= 4 is 11.6 Å². The first kappa shape index (κ1) is 16.3. The summed E-state index contributed by atoms with van der Waals surface area (Å²) in [5, 5.41) is 11.8. The Bertz CT molecular complexity index is 521. The van der Waals surface area contributed by atoms with Crippen LogP contribution in [0.4, 0.5) is 0 Å². The van der Waals surface area contributed by atoms with E-state index in [0.717, 1.165) is 31.0 Å². The molecule has 0 spiro atoms. The van der Waals surface area contributed by atoms with Gasteiger partial charge < -0.3 is 5.11 Å². The van der Waals surface area contributed by atoms with Crippen molar-refractivity contribution in [2.45, 2.75) is 64.0 Å². The highest BCUT2D eigenvalue weighted by molar-refractivity contribution is 6.30. The standard InChI is InChI=1S/C19H28ClNO/c1-18(2,3)19(22)10-11-21-13-15(6-9-17(21)12-19)14-4-7-16(20)8-5-14/h4-5,7-8,15,17,22H,6,9-13H2,1-3H3/t15-,17+,19-/m0/s1. The van der Waals surface area contributed by atoms with Gasteiger partial charge in [-0.25, -0.2) is 0 Å². The predicted molar refractivity (Wildman–Crippen MR) is 92.4 cm³/mol. The van der Waals surface area contributed by atoms with Crippen molar-refractivity contribution < 1.29 is 5.11 Å². The molecule has 0 aliphatic carbocycles. The Labute approximate surface area is 139 Å². The van der Waals surface area contributed by atoms with Gasteiger partial charge in [0.05, 0.1) is 5.60 Å². The van der Waals surface area contributed by atoms with E-state index in [4.69, 9.17) is 11.6 Å². The summed E-state index contributed by atoms with van der Waals surface area (Å²) in [5.41, 5.74) is 0.854. The van der Waals surface area contributed by atoms with Crippen molar-refractivity contribution in [3.63, 3.8) is 0 Å². The SMILES string of the molecule is CC(C)(C)[C@]1(O)CCN2C[C@@H](c3ccc(Cl)cc3)CC[C@@H]2C1. The maximum absolute atomic E-state index is 11.0. The smallest absolute Gasteiger partial charge is 0.0722 e. The van der Waals surface area contributed by atoms with Gasteiger partial charge in [0.2, 0.25) is 0 Å². The van der Waals surface area contributed by atoms with Crippen LogP contribution in [0.15, 0.2) is 24.3 Å². The molecule has 0 saturated carbocycles. The van der Waals surface area contributed by atoms with Crippen LogP contribution in [0.3, 0.4) is 0 Å². The van der Waals surface area contributed by atoms with Gasteiger partial charge in [0, 0.05) is 24.2 Å². The molecule has 1 aromatic carbocycles. The molecule has 122 valence electrons. The lowest BCUT2D eigenvalue weighted by atomic mass is 9.67. The molecule has 0 bridgehead atoms. The fourth-order valence-corrected chi connectivity index (χ4v) is 4.24. The van der Waals surface area contributed by atoms with Gasteiger partial charge in [0.1, 0.15) is 0 Å². The Morgan fingerprint density at radius 3 is 2.50 bits per heavy atom. The average molecular weight is 322 g/mol. The summed E-state index contributed by atoms with van der Waals surface area (Å²) in [5.74, 6) is 0.606. The Morgan fingerprint density at radius 2 is 1.86 bits per heavy atom. The van der Waals surface area contributed by atoms with E-state index < -0.39 is 5.60 Å². The molecule has 3 atom stereocenters. The number of fused-ring (bicyclic) bond motifs is 1. The molecule has 2 fully saturated rings. The molecule has 3 rings (SSSR count). The second-order valence-electron chi connectivity index (χ2n) is 8.21. The fourth-order valence-electron chi connectivity index (χ4n) is 4.11. The van der Waals surface area contributed by atoms with Crippen LogP contribution < -0.4 is 0 Å². The first-order valence-electron chi connectivity index (χ1n) is 8.50. The van der Waals surface area contributed by atoms with Crippen LogP contribution >= 0.6 is 11.6 Å². The van der Waals surface area contributed by atoms with Gasteiger partial charge in [-0.3, -0.25) is 4.90 Å². The molecule has 0 amide bonds. The zero-order chi connectivity index (χ0) is 16.0. The monoisotopic (exact) mass is 321 g/mol. The summed E-state index contributed by atoms with van der Waals surface area (Å²) in [6.07, 6.45) is 4.21. The molecule has 2 heterocycles. The summed E-state index contributed by atoms with van der Waals surface area (Å²) in [6.45, 7) is 8.64. The summed E-state index contributed by atoms with van der Waals surface area (Å²) in [6, 6.07) is 8.88. The van der Waals surface area contributed by atoms with Crippen LogP contribution in [0, 0.1) is 5.41 Å². The highest BCUT2D eigenvalue weighted by Crippen LogP contribution is 2.44. The number of aliphatic hydroxyl groups is 1. The number of hydrogen-bond donors (Lipinski definition) is 1. The van der Waals surface area contributed by atoms with Crippen LogP contribution in [0.25, 0.3) is 0 Å². The molecule has 3 heteroatoms. The van der Waals surface area contributed by atoms with Gasteiger partial charge in [0.15, 0.2) is 0 Å². The molecular formula is C19H28ClNO. The highest BCUT2D eigenvalue weighted by Gasteiger charge is 2.47. The van der Waals surface area contributed by atoms with E-state index in [1.807, 2.05) is 12.1 Å². The molecular weight excluding hydrogens is 294 g/mol. The van der Waals surface area contributed by atoms with E-state index in [1.165, 1.54) is 18.4 Å². The number of halogens is 1. The molecule has 1 N–H and O–H groups in total. The lowest BCUT2D eigenvalue weighted by molar-refractivity contribution is -0.122. The molecule has 0 aromatic heterocycles. The van der Waals surface area contributed by atoms with E-state index in [0.29, 0.717) is 12.0 Å². The van der Waals surface area contributed by atoms with Gasteiger partial charge in [-0.15, -0.1) is 0 Å². The van der Waals surface area contributed by atoms with Crippen molar-refractivity contribution in [1.82, 2.24) is 4.90 Å². The van der Waals surface area contributed by atoms with Gasteiger partial charge in [0.25, 0.3) is 0 Å². The third kappa shape index (κ3) is 3.06. The van der Waals surface area contributed by atoms with E-state index in [1.54, 1.807) is 0 Å². The van der Waals surface area contributed by atoms with Gasteiger partial charge >= 0.3 is 0 Å². The Kier molecular flexibility index (Phi) is 4.30. The molecule has 2 aliphatic rings. The lowest BCUT2D eigenvalue weighted by Gasteiger charge is -2.52. The number of benzene rings is 1. The third-order valence-corrected chi connectivity index (χ3v) is 6.20. The van der Waals surface area contributed by atoms with Crippen molar-refractivity contribution in [3.05, 3.63) is 34.9 Å². The quantitative estimate of drug-likeness (QED) is 0.825. The summed E-state index contributed by atoms with van der Waals surface area (Å²) >= 11 is 6.00. The lowest BCUT2D eigenvalue weighted by Crippen LogP contribution is -2.57. The molecule has 22 heavy (non-hydrogen) atoms. The fraction of sp³-hybridized carbons (Fsp3) is 0.684. The summed E-state index contributed by atoms with van der Waals surface area (Å²) < 4.78 is 0. The second-order valence-corrected chi connectivity index (χ2v) is 8.65. The van der Waals surface area contributed by atoms with E-state index >= 15 is 0 Å². The number of piperidine rings is 2. The molecule has 0 unspecified atom stereocenters. The Hall–Kier alpha value is -0.570. The average Bonchev–Trinajstić information content (AvgIpc) is 2.46. The van der Waals surface area contributed by atoms with Crippen molar-refractivity contribution in [2.75, 3.05) is 13.1 Å². The minimum absolute atomic E-state index is 0.0356. The van der Waals surface area contributed by atoms with Crippen LogP contribution in [0.2, 0.25) is 5.02 Å². The van der Waals surface area contributed by atoms with Crippen LogP contribution in [0.1, 0.15) is 57.9 Å². The van der Waals surface area contributed by atoms with Crippen molar-refractivity contribution in [2.24, 2.45) is 5.41 Å². The normalized spacial score (nSPS) is 33.5. The molecule has 0 radical (unpaired) electrons. The first-order chi connectivity index (χ1) is 10.3. The van der Waals surface area contributed by atoms with Crippen LogP contribution in [0.5, 0.6) is 0 Å². The molecule has 1 aromatic rings. The second kappa shape index (κ2) is 5.81. The van der Waals surface area contributed by atoms with E-state index in [-0.39, 0.29) is 5.41 Å². The topological polar surface area (TPSA) is 23.5 Å². The zero-order valence-corrected chi connectivity index (χ0v) is 14.7. The Balaban J connectivity index is 1.68. The minimum atomic E-state index is -0.513. The van der Waals surface area contributed by atoms with Crippen molar-refractivity contribution in [3.8, 4) is 0 Å². The number of rotatable bonds is 1. The van der Waals surface area contributed by atoms with Crippen LogP contribution in [-0.4, -0.2) is 34.7 Å². The number of nitrogens with zero attached hydrogens (tertiary/aromatic N) is 1. The van der Waals surface area contributed by atoms with Crippen molar-refractivity contribution in [1.29, 1.82) is 0 Å². The molecule has 2 saturated heterocycles. The minimum Gasteiger partial charge on any atom is -0.389 e. The number of hydrogen-bond acceptors (Lipinski definition) is 2. The van der Waals surface area contributed by atoms with E-state index in [9.17, 15) is 5.11 Å². The van der Waals surface area contributed by atoms with Gasteiger partial charge in [-0.05, 0) is 54.7 Å². The largest absolute Gasteiger partial charge is 0.389 e. The zero-order valence-electron chi connectivity index (χ0n) is 14.0. The summed E-state index contributed by atoms with van der Waals surface area (Å²) in [4.78, 5) is 2.60. The maximum atomic E-state index is 11.0. The molecule has 2 aliphatic heterocycles. The van der Waals surface area contributed by atoms with Crippen LogP contribution in [-0.2, 0) is 0 Å². The third-order valence-electron chi connectivity index (χ3n) is 5.94. The Morgan fingerprint density at radius 1 is 1.18 bits per heavy atom. The highest BCUT2D eigenvalue weighted by atomic mass is 35.5. The maximum Gasteiger partial charge on any atom is 0.0722 e. The van der Waals surface area contributed by atoms with Gasteiger partial charge in [-0.2, -0.15) is 0 Å². The van der Waals surface area contributed by atoms with E-state index in [2.05, 4.69) is 37.8 Å². The predicted octanol–water partition coefficient (Wildman–Crippen LogP) is 4.46. The first-order valence-corrected chi connectivity index (χ1v) is 8.88. The van der Waals surface area contributed by atoms with Gasteiger partial charge in [-0.1, -0.05) is 44.5 Å².